The minimum absolute atomic E-state index is 0. The number of halogens is 1. The zero-order valence-corrected chi connectivity index (χ0v) is 21.5. The first-order chi connectivity index (χ1) is 14.0. The van der Waals surface area contributed by atoms with E-state index in [0.717, 1.165) is 11.1 Å². The summed E-state index contributed by atoms with van der Waals surface area (Å²) >= 11 is 0. The van der Waals surface area contributed by atoms with Crippen molar-refractivity contribution in [2.75, 3.05) is 13.1 Å². The number of carbonyl (C=O) groups is 1. The Morgan fingerprint density at radius 1 is 1.23 bits per heavy atom. The van der Waals surface area contributed by atoms with Gasteiger partial charge in [0, 0.05) is 36.5 Å². The Bertz CT molecular complexity index is 886. The fourth-order valence-corrected chi connectivity index (χ4v) is 2.79. The number of aliphatic hydroxyl groups is 1. The standard InChI is InChI=1S/C22H34N6O2.HI/c1-7-23-20(25-15-22(5,30)18-13-26-28(6)14-18)24-12-16-9-8-10-17(11-16)19(29)27-21(2,3)4;/h8-11,13-14,30H,7,12,15H2,1-6H3,(H,27,29)(H2,23,24,25);1H. The molecule has 0 bridgehead atoms. The lowest BCUT2D eigenvalue weighted by atomic mass is 10.00. The first-order valence-corrected chi connectivity index (χ1v) is 10.2. The van der Waals surface area contributed by atoms with Crippen molar-refractivity contribution in [1.29, 1.82) is 0 Å². The Hall–Kier alpha value is -2.14. The molecule has 2 aromatic rings. The van der Waals surface area contributed by atoms with E-state index in [1.54, 1.807) is 30.1 Å². The van der Waals surface area contributed by atoms with Crippen LogP contribution in [0.5, 0.6) is 0 Å². The molecular weight excluding hydrogens is 507 g/mol. The summed E-state index contributed by atoms with van der Waals surface area (Å²) in [5.74, 6) is 0.483. The number of hydrogen-bond donors (Lipinski definition) is 4. The minimum atomic E-state index is -1.09. The molecule has 0 fully saturated rings. The van der Waals surface area contributed by atoms with Gasteiger partial charge in [-0.3, -0.25) is 9.48 Å². The molecule has 0 saturated heterocycles. The molecule has 1 atom stereocenters. The first kappa shape index (κ1) is 26.9. The molecule has 1 heterocycles. The quantitative estimate of drug-likeness (QED) is 0.245. The summed E-state index contributed by atoms with van der Waals surface area (Å²) in [6.45, 7) is 10.9. The molecule has 9 heteroatoms. The van der Waals surface area contributed by atoms with Gasteiger partial charge in [-0.15, -0.1) is 24.0 Å². The lowest BCUT2D eigenvalue weighted by Gasteiger charge is -2.23. The summed E-state index contributed by atoms with van der Waals surface area (Å²) in [6, 6.07) is 7.44. The average molecular weight is 542 g/mol. The normalized spacial score (nSPS) is 13.7. The van der Waals surface area contributed by atoms with E-state index in [0.29, 0.717) is 24.6 Å². The zero-order chi connectivity index (χ0) is 22.4. The van der Waals surface area contributed by atoms with E-state index in [1.807, 2.05) is 52.9 Å². The van der Waals surface area contributed by atoms with Crippen LogP contribution in [0.4, 0.5) is 0 Å². The predicted molar refractivity (Wildman–Crippen MR) is 135 cm³/mol. The Morgan fingerprint density at radius 2 is 1.94 bits per heavy atom. The molecule has 172 valence electrons. The molecule has 0 spiro atoms. The van der Waals surface area contributed by atoms with Crippen molar-refractivity contribution in [1.82, 2.24) is 25.7 Å². The number of nitrogens with zero attached hydrogens (tertiary/aromatic N) is 3. The van der Waals surface area contributed by atoms with Gasteiger partial charge in [0.25, 0.3) is 5.91 Å². The number of carbonyl (C=O) groups excluding carboxylic acids is 1. The Kier molecular flexibility index (Phi) is 9.95. The molecule has 0 aliphatic rings. The average Bonchev–Trinajstić information content (AvgIpc) is 3.10. The van der Waals surface area contributed by atoms with E-state index in [2.05, 4.69) is 26.0 Å². The van der Waals surface area contributed by atoms with Crippen LogP contribution in [0, 0.1) is 0 Å². The van der Waals surface area contributed by atoms with Crippen molar-refractivity contribution in [3.8, 4) is 0 Å². The van der Waals surface area contributed by atoms with E-state index in [-0.39, 0.29) is 42.0 Å². The molecule has 0 saturated carbocycles. The number of aryl methyl sites for hydroxylation is 1. The Morgan fingerprint density at radius 3 is 2.52 bits per heavy atom. The van der Waals surface area contributed by atoms with Gasteiger partial charge in [-0.05, 0) is 52.3 Å². The van der Waals surface area contributed by atoms with Crippen molar-refractivity contribution < 1.29 is 9.90 Å². The van der Waals surface area contributed by atoms with E-state index < -0.39 is 5.60 Å². The van der Waals surface area contributed by atoms with Gasteiger partial charge < -0.3 is 21.1 Å². The summed E-state index contributed by atoms with van der Waals surface area (Å²) in [5.41, 5.74) is 0.877. The van der Waals surface area contributed by atoms with Crippen LogP contribution >= 0.6 is 24.0 Å². The van der Waals surface area contributed by atoms with Crippen LogP contribution in [0.25, 0.3) is 0 Å². The van der Waals surface area contributed by atoms with Gasteiger partial charge in [0.15, 0.2) is 5.96 Å². The molecule has 0 aliphatic heterocycles. The topological polar surface area (TPSA) is 104 Å². The van der Waals surface area contributed by atoms with Crippen molar-refractivity contribution >= 4 is 35.8 Å². The highest BCUT2D eigenvalue weighted by Gasteiger charge is 2.25. The summed E-state index contributed by atoms with van der Waals surface area (Å²) in [4.78, 5) is 17.0. The largest absolute Gasteiger partial charge is 0.383 e. The van der Waals surface area contributed by atoms with Crippen LogP contribution in [-0.4, -0.2) is 45.4 Å². The second-order valence-corrected chi connectivity index (χ2v) is 8.63. The first-order valence-electron chi connectivity index (χ1n) is 10.2. The van der Waals surface area contributed by atoms with E-state index in [9.17, 15) is 9.90 Å². The summed E-state index contributed by atoms with van der Waals surface area (Å²) in [7, 11) is 1.81. The molecule has 0 aliphatic carbocycles. The molecule has 1 unspecified atom stereocenters. The van der Waals surface area contributed by atoms with Gasteiger partial charge in [0.2, 0.25) is 0 Å². The fraction of sp³-hybridized carbons (Fsp3) is 0.500. The third-order valence-corrected chi connectivity index (χ3v) is 4.37. The number of amides is 1. The predicted octanol–water partition coefficient (Wildman–Crippen LogP) is 2.53. The number of rotatable bonds is 7. The number of nitrogens with one attached hydrogen (secondary N) is 3. The van der Waals surface area contributed by atoms with Crippen molar-refractivity contribution in [3.63, 3.8) is 0 Å². The van der Waals surface area contributed by atoms with E-state index in [1.165, 1.54) is 0 Å². The molecule has 1 amide bonds. The van der Waals surface area contributed by atoms with Gasteiger partial charge >= 0.3 is 0 Å². The smallest absolute Gasteiger partial charge is 0.251 e. The van der Waals surface area contributed by atoms with Crippen LogP contribution in [0.2, 0.25) is 0 Å². The van der Waals surface area contributed by atoms with Gasteiger partial charge in [0.1, 0.15) is 5.60 Å². The highest BCUT2D eigenvalue weighted by molar-refractivity contribution is 14.0. The summed E-state index contributed by atoms with van der Waals surface area (Å²) in [6.07, 6.45) is 3.44. The Balaban J connectivity index is 0.00000480. The number of benzene rings is 1. The van der Waals surface area contributed by atoms with E-state index in [4.69, 9.17) is 0 Å². The molecular formula is C22H35IN6O2. The second-order valence-electron chi connectivity index (χ2n) is 8.63. The molecule has 4 N–H and O–H groups in total. The SMILES string of the molecule is CCNC(=NCc1cccc(C(=O)NC(C)(C)C)c1)NCC(C)(O)c1cnn(C)c1.I. The Labute approximate surface area is 201 Å². The molecule has 0 radical (unpaired) electrons. The molecule has 1 aromatic heterocycles. The maximum Gasteiger partial charge on any atom is 0.251 e. The van der Waals surface area contributed by atoms with Gasteiger partial charge in [-0.1, -0.05) is 12.1 Å². The van der Waals surface area contributed by atoms with Crippen LogP contribution in [0.3, 0.4) is 0 Å². The van der Waals surface area contributed by atoms with Crippen LogP contribution in [0.15, 0.2) is 41.7 Å². The monoisotopic (exact) mass is 542 g/mol. The van der Waals surface area contributed by atoms with Crippen LogP contribution < -0.4 is 16.0 Å². The second kappa shape index (κ2) is 11.5. The lowest BCUT2D eigenvalue weighted by molar-refractivity contribution is 0.0616. The van der Waals surface area contributed by atoms with Crippen LogP contribution in [-0.2, 0) is 19.2 Å². The molecule has 2 rings (SSSR count). The lowest BCUT2D eigenvalue weighted by Crippen LogP contribution is -2.44. The highest BCUT2D eigenvalue weighted by atomic mass is 127. The van der Waals surface area contributed by atoms with Gasteiger partial charge in [-0.25, -0.2) is 4.99 Å². The third kappa shape index (κ3) is 8.86. The maximum absolute atomic E-state index is 12.4. The third-order valence-electron chi connectivity index (χ3n) is 4.37. The molecule has 1 aromatic carbocycles. The maximum atomic E-state index is 12.4. The van der Waals surface area contributed by atoms with Crippen molar-refractivity contribution in [2.24, 2.45) is 12.0 Å². The van der Waals surface area contributed by atoms with Gasteiger partial charge in [0.05, 0.1) is 19.3 Å². The highest BCUT2D eigenvalue weighted by Crippen LogP contribution is 2.18. The molecule has 8 nitrogen and oxygen atoms in total. The van der Waals surface area contributed by atoms with Crippen molar-refractivity contribution in [3.05, 3.63) is 53.3 Å². The molecule has 31 heavy (non-hydrogen) atoms. The van der Waals surface area contributed by atoms with Crippen LogP contribution in [0.1, 0.15) is 56.1 Å². The number of guanidine groups is 1. The minimum Gasteiger partial charge on any atom is -0.383 e. The summed E-state index contributed by atoms with van der Waals surface area (Å²) in [5, 5.41) is 24.2. The summed E-state index contributed by atoms with van der Waals surface area (Å²) < 4.78 is 1.66. The zero-order valence-electron chi connectivity index (χ0n) is 19.2. The number of aliphatic imine (C=N–C) groups is 1. The van der Waals surface area contributed by atoms with E-state index >= 15 is 0 Å². The number of aromatic nitrogens is 2. The van der Waals surface area contributed by atoms with Crippen molar-refractivity contribution in [2.45, 2.75) is 52.3 Å². The number of hydrogen-bond acceptors (Lipinski definition) is 4. The van der Waals surface area contributed by atoms with Gasteiger partial charge in [-0.2, -0.15) is 5.10 Å². The fourth-order valence-electron chi connectivity index (χ4n) is 2.79.